The van der Waals surface area contributed by atoms with Crippen molar-refractivity contribution < 1.29 is 26.4 Å². The van der Waals surface area contributed by atoms with Gasteiger partial charge in [0, 0.05) is 23.6 Å². The smallest absolute Gasteiger partial charge is 0.252 e. The van der Waals surface area contributed by atoms with Crippen molar-refractivity contribution in [1.29, 1.82) is 0 Å². The highest BCUT2D eigenvalue weighted by atomic mass is 32.2. The molecule has 0 spiro atoms. The largest absolute Gasteiger partial charge is 0.361 e. The van der Waals surface area contributed by atoms with Crippen molar-refractivity contribution in [1.82, 2.24) is 9.29 Å². The van der Waals surface area contributed by atoms with E-state index >= 15 is 0 Å². The van der Waals surface area contributed by atoms with Gasteiger partial charge in [0.15, 0.2) is 0 Å². The number of fused-ring (bicyclic) bond motifs is 1. The maximum Gasteiger partial charge on any atom is 0.252 e. The number of primary sulfonamides is 1. The van der Waals surface area contributed by atoms with Gasteiger partial charge in [-0.2, -0.15) is 4.31 Å². The maximum atomic E-state index is 13.7. The molecule has 10 nitrogen and oxygen atoms in total. The average Bonchev–Trinajstić information content (AvgIpc) is 3.44. The van der Waals surface area contributed by atoms with E-state index in [1.807, 2.05) is 24.3 Å². The van der Waals surface area contributed by atoms with Crippen LogP contribution in [-0.4, -0.2) is 50.5 Å². The van der Waals surface area contributed by atoms with Crippen molar-refractivity contribution in [3.05, 3.63) is 90.6 Å². The van der Waals surface area contributed by atoms with Crippen molar-refractivity contribution in [2.75, 3.05) is 11.4 Å². The molecule has 3 aromatic carbocycles. The number of sulfonamides is 2. The number of imide groups is 1. The molecule has 0 bridgehead atoms. The van der Waals surface area contributed by atoms with Gasteiger partial charge in [-0.25, -0.2) is 26.9 Å². The molecule has 0 saturated carbocycles. The minimum atomic E-state index is -4.15. The third-order valence-corrected chi connectivity index (χ3v) is 9.37. The molecule has 2 heterocycles. The summed E-state index contributed by atoms with van der Waals surface area (Å²) in [5.41, 5.74) is 1.91. The molecule has 1 unspecified atom stereocenters. The van der Waals surface area contributed by atoms with Crippen LogP contribution in [-0.2, 0) is 36.1 Å². The van der Waals surface area contributed by atoms with Gasteiger partial charge in [0.05, 0.1) is 21.9 Å². The number of carbonyl (C=O) groups is 2. The molecule has 1 aliphatic rings. The van der Waals surface area contributed by atoms with Gasteiger partial charge in [-0.3, -0.25) is 9.59 Å². The van der Waals surface area contributed by atoms with Gasteiger partial charge in [0.25, 0.3) is 5.91 Å². The highest BCUT2D eigenvalue weighted by Gasteiger charge is 2.46. The number of nitrogens with one attached hydrogen (secondary N) is 1. The molecule has 0 radical (unpaired) electrons. The molecular weight excluding hydrogens is 528 g/mol. The fourth-order valence-electron chi connectivity index (χ4n) is 4.64. The molecule has 3 N–H and O–H groups in total. The van der Waals surface area contributed by atoms with Crippen LogP contribution in [0.5, 0.6) is 0 Å². The Morgan fingerprint density at radius 2 is 1.53 bits per heavy atom. The van der Waals surface area contributed by atoms with Crippen molar-refractivity contribution in [2.45, 2.75) is 28.7 Å². The number of carbonyl (C=O) groups excluding carboxylic acids is 2. The minimum Gasteiger partial charge on any atom is -0.361 e. The quantitative estimate of drug-likeness (QED) is 0.320. The SMILES string of the molecule is NS(=O)(=O)c1ccc(N2C(=O)CC(N(CCc3c[nH]c4ccccc34)S(=O)(=O)c3ccccc3)C2=O)cc1. The fraction of sp³-hybridized carbons (Fsp3) is 0.154. The van der Waals surface area contributed by atoms with Crippen LogP contribution in [0.25, 0.3) is 10.9 Å². The first-order chi connectivity index (χ1) is 18.1. The summed E-state index contributed by atoms with van der Waals surface area (Å²) in [4.78, 5) is 30.4. The lowest BCUT2D eigenvalue weighted by molar-refractivity contribution is -0.122. The summed E-state index contributed by atoms with van der Waals surface area (Å²) >= 11 is 0. The summed E-state index contributed by atoms with van der Waals surface area (Å²) in [5, 5.41) is 6.08. The Morgan fingerprint density at radius 1 is 0.868 bits per heavy atom. The summed E-state index contributed by atoms with van der Waals surface area (Å²) < 4.78 is 51.8. The van der Waals surface area contributed by atoms with Gasteiger partial charge in [-0.15, -0.1) is 0 Å². The number of nitrogens with zero attached hydrogens (tertiary/aromatic N) is 2. The van der Waals surface area contributed by atoms with Crippen LogP contribution in [0.15, 0.2) is 94.9 Å². The molecule has 5 rings (SSSR count). The van der Waals surface area contributed by atoms with Crippen LogP contribution in [0.3, 0.4) is 0 Å². The minimum absolute atomic E-state index is 0.00938. The molecule has 2 amide bonds. The van der Waals surface area contributed by atoms with E-state index in [0.29, 0.717) is 6.42 Å². The molecule has 4 aromatic rings. The number of nitrogens with two attached hydrogens (primary N) is 1. The summed E-state index contributed by atoms with van der Waals surface area (Å²) in [6.45, 7) is -0.0407. The number of rotatable bonds is 8. The van der Waals surface area contributed by atoms with Crippen molar-refractivity contribution in [3.8, 4) is 0 Å². The van der Waals surface area contributed by atoms with Gasteiger partial charge in [0.1, 0.15) is 6.04 Å². The zero-order valence-corrected chi connectivity index (χ0v) is 21.7. The number of anilines is 1. The van der Waals surface area contributed by atoms with Gasteiger partial charge in [-0.05, 0) is 54.4 Å². The second-order valence-electron chi connectivity index (χ2n) is 8.86. The van der Waals surface area contributed by atoms with Crippen LogP contribution < -0.4 is 10.0 Å². The number of amides is 2. The first-order valence-electron chi connectivity index (χ1n) is 11.7. The Labute approximate surface area is 219 Å². The molecule has 1 fully saturated rings. The Hall–Kier alpha value is -3.84. The van der Waals surface area contributed by atoms with E-state index in [2.05, 4.69) is 4.98 Å². The summed E-state index contributed by atoms with van der Waals surface area (Å²) in [6.07, 6.45) is 1.76. The highest BCUT2D eigenvalue weighted by Crippen LogP contribution is 2.30. The number of benzene rings is 3. The number of H-pyrrole nitrogens is 1. The maximum absolute atomic E-state index is 13.7. The Morgan fingerprint density at radius 3 is 2.21 bits per heavy atom. The number of aromatic nitrogens is 1. The predicted octanol–water partition coefficient (Wildman–Crippen LogP) is 2.38. The number of para-hydroxylation sites is 1. The second kappa shape index (κ2) is 9.80. The third-order valence-electron chi connectivity index (χ3n) is 6.52. The van der Waals surface area contributed by atoms with Crippen molar-refractivity contribution in [3.63, 3.8) is 0 Å². The third kappa shape index (κ3) is 4.74. The Bertz CT molecular complexity index is 1730. The Kier molecular flexibility index (Phi) is 6.65. The standard InChI is InChI=1S/C26H24N4O6S2/c27-37(33,34)20-12-10-19(11-13-20)30-25(31)16-24(26(30)32)29(38(35,36)21-6-2-1-3-7-21)15-14-18-17-28-23-9-5-4-8-22(18)23/h1-13,17,24,28H,14-16H2,(H2,27,33,34). The first kappa shape index (κ1) is 25.8. The summed E-state index contributed by atoms with van der Waals surface area (Å²) in [6, 6.07) is 19.1. The topological polar surface area (TPSA) is 151 Å². The lowest BCUT2D eigenvalue weighted by Crippen LogP contribution is -2.46. The van der Waals surface area contributed by atoms with Crippen LogP contribution in [0.1, 0.15) is 12.0 Å². The number of aromatic amines is 1. The monoisotopic (exact) mass is 552 g/mol. The van der Waals surface area contributed by atoms with E-state index in [4.69, 9.17) is 5.14 Å². The normalized spacial score (nSPS) is 16.6. The number of hydrogen-bond donors (Lipinski definition) is 2. The van der Waals surface area contributed by atoms with Gasteiger partial charge >= 0.3 is 0 Å². The fourth-order valence-corrected chi connectivity index (χ4v) is 6.76. The average molecular weight is 553 g/mol. The lowest BCUT2D eigenvalue weighted by Gasteiger charge is -2.27. The first-order valence-corrected chi connectivity index (χ1v) is 14.7. The molecule has 1 aliphatic heterocycles. The van der Waals surface area contributed by atoms with E-state index in [1.165, 1.54) is 36.4 Å². The molecule has 0 aliphatic carbocycles. The van der Waals surface area contributed by atoms with E-state index < -0.39 is 37.9 Å². The predicted molar refractivity (Wildman–Crippen MR) is 141 cm³/mol. The molecule has 1 aromatic heterocycles. The Balaban J connectivity index is 1.49. The lowest BCUT2D eigenvalue weighted by atomic mass is 10.1. The summed E-state index contributed by atoms with van der Waals surface area (Å²) in [5.74, 6) is -1.31. The van der Waals surface area contributed by atoms with Gasteiger partial charge in [-0.1, -0.05) is 36.4 Å². The summed E-state index contributed by atoms with van der Waals surface area (Å²) in [7, 11) is -8.12. The van der Waals surface area contributed by atoms with E-state index in [9.17, 15) is 26.4 Å². The number of hydrogen-bond acceptors (Lipinski definition) is 6. The van der Waals surface area contributed by atoms with Crippen molar-refractivity contribution in [2.24, 2.45) is 5.14 Å². The molecule has 12 heteroatoms. The van der Waals surface area contributed by atoms with E-state index in [-0.39, 0.29) is 28.4 Å². The van der Waals surface area contributed by atoms with Gasteiger partial charge in [0.2, 0.25) is 26.0 Å². The van der Waals surface area contributed by atoms with E-state index in [0.717, 1.165) is 25.7 Å². The van der Waals surface area contributed by atoms with Crippen LogP contribution in [0.2, 0.25) is 0 Å². The van der Waals surface area contributed by atoms with E-state index in [1.54, 1.807) is 24.4 Å². The highest BCUT2D eigenvalue weighted by molar-refractivity contribution is 7.89. The second-order valence-corrected chi connectivity index (χ2v) is 12.3. The molecule has 1 atom stereocenters. The zero-order valence-electron chi connectivity index (χ0n) is 20.0. The van der Waals surface area contributed by atoms with Gasteiger partial charge < -0.3 is 4.98 Å². The molecular formula is C26H24N4O6S2. The zero-order chi connectivity index (χ0) is 27.1. The van der Waals surface area contributed by atoms with Crippen molar-refractivity contribution >= 4 is 48.5 Å². The van der Waals surface area contributed by atoms with Crippen LogP contribution in [0, 0.1) is 0 Å². The molecule has 38 heavy (non-hydrogen) atoms. The molecule has 1 saturated heterocycles. The molecule has 196 valence electrons. The van der Waals surface area contributed by atoms with Crippen LogP contribution >= 0.6 is 0 Å². The van der Waals surface area contributed by atoms with Crippen LogP contribution in [0.4, 0.5) is 5.69 Å².